The maximum Gasteiger partial charge on any atom is 0.257 e. The van der Waals surface area contributed by atoms with E-state index in [1.807, 2.05) is 23.1 Å². The highest BCUT2D eigenvalue weighted by atomic mass is 16.5. The number of benzene rings is 1. The molecule has 150 valence electrons. The molecule has 7 nitrogen and oxygen atoms in total. The van der Waals surface area contributed by atoms with Crippen molar-refractivity contribution in [1.29, 1.82) is 0 Å². The first-order valence-electron chi connectivity index (χ1n) is 9.74. The van der Waals surface area contributed by atoms with Crippen LogP contribution in [0.4, 0.5) is 5.95 Å². The molecular formula is C21H28N4O3. The Balaban J connectivity index is 1.62. The summed E-state index contributed by atoms with van der Waals surface area (Å²) in [5, 5.41) is 3.17. The number of anilines is 1. The first-order chi connectivity index (χ1) is 13.7. The van der Waals surface area contributed by atoms with Gasteiger partial charge in [-0.05, 0) is 43.4 Å². The number of nitrogens with one attached hydrogen (secondary N) is 1. The molecule has 2 heterocycles. The SMILES string of the molecule is CCC1CCCCN1C(=O)c1cnc(NCc2ccc(OC)c(OC)c2)nc1. The number of amides is 1. The standard InChI is InChI=1S/C21H28N4O3/c1-4-17-7-5-6-10-25(17)20(26)16-13-23-21(24-14-16)22-12-15-8-9-18(27-2)19(11-15)28-3/h8-9,11,13-14,17H,4-7,10,12H2,1-3H3,(H,22,23,24). The molecule has 1 aromatic carbocycles. The first kappa shape index (κ1) is 19.9. The van der Waals surface area contributed by atoms with E-state index in [4.69, 9.17) is 9.47 Å². The van der Waals surface area contributed by atoms with Gasteiger partial charge < -0.3 is 19.7 Å². The lowest BCUT2D eigenvalue weighted by molar-refractivity contribution is 0.0607. The molecule has 0 saturated carbocycles. The molecule has 0 aliphatic carbocycles. The zero-order chi connectivity index (χ0) is 19.9. The summed E-state index contributed by atoms with van der Waals surface area (Å²) >= 11 is 0. The highest BCUT2D eigenvalue weighted by Gasteiger charge is 2.26. The van der Waals surface area contributed by atoms with Crippen molar-refractivity contribution < 1.29 is 14.3 Å². The van der Waals surface area contributed by atoms with Crippen LogP contribution in [0.15, 0.2) is 30.6 Å². The van der Waals surface area contributed by atoms with Gasteiger partial charge in [0, 0.05) is 31.5 Å². The molecule has 1 fully saturated rings. The van der Waals surface area contributed by atoms with Crippen molar-refractivity contribution in [3.05, 3.63) is 41.7 Å². The number of carbonyl (C=O) groups excluding carboxylic acids is 1. The molecule has 1 atom stereocenters. The van der Waals surface area contributed by atoms with Gasteiger partial charge in [0.05, 0.1) is 19.8 Å². The monoisotopic (exact) mass is 384 g/mol. The summed E-state index contributed by atoms with van der Waals surface area (Å²) < 4.78 is 10.6. The number of ether oxygens (including phenoxy) is 2. The topological polar surface area (TPSA) is 76.6 Å². The van der Waals surface area contributed by atoms with Gasteiger partial charge in [0.1, 0.15) is 0 Å². The number of likely N-dealkylation sites (tertiary alicyclic amines) is 1. The predicted octanol–water partition coefficient (Wildman–Crippen LogP) is 3.51. The van der Waals surface area contributed by atoms with Crippen LogP contribution >= 0.6 is 0 Å². The second-order valence-electron chi connectivity index (χ2n) is 6.89. The zero-order valence-corrected chi connectivity index (χ0v) is 16.8. The lowest BCUT2D eigenvalue weighted by Gasteiger charge is -2.35. The van der Waals surface area contributed by atoms with Crippen LogP contribution in [0.5, 0.6) is 11.5 Å². The molecule has 1 N–H and O–H groups in total. The highest BCUT2D eigenvalue weighted by molar-refractivity contribution is 5.94. The van der Waals surface area contributed by atoms with Gasteiger partial charge in [-0.2, -0.15) is 0 Å². The number of carbonyl (C=O) groups is 1. The van der Waals surface area contributed by atoms with Crippen LogP contribution in [0.25, 0.3) is 0 Å². The Hall–Kier alpha value is -2.83. The van der Waals surface area contributed by atoms with Crippen molar-refractivity contribution in [2.75, 3.05) is 26.1 Å². The molecule has 1 aliphatic heterocycles. The van der Waals surface area contributed by atoms with Gasteiger partial charge in [-0.15, -0.1) is 0 Å². The predicted molar refractivity (Wildman–Crippen MR) is 108 cm³/mol. The zero-order valence-electron chi connectivity index (χ0n) is 16.8. The third-order valence-electron chi connectivity index (χ3n) is 5.16. The van der Waals surface area contributed by atoms with Crippen LogP contribution < -0.4 is 14.8 Å². The lowest BCUT2D eigenvalue weighted by Crippen LogP contribution is -2.43. The molecule has 1 unspecified atom stereocenters. The molecule has 28 heavy (non-hydrogen) atoms. The van der Waals surface area contributed by atoms with E-state index in [1.165, 1.54) is 6.42 Å². The Bertz CT molecular complexity index is 795. The fourth-order valence-electron chi connectivity index (χ4n) is 3.56. The molecule has 1 aromatic heterocycles. The Labute approximate surface area is 166 Å². The summed E-state index contributed by atoms with van der Waals surface area (Å²) in [6.45, 7) is 3.49. The minimum atomic E-state index is 0.0259. The Morgan fingerprint density at radius 3 is 2.61 bits per heavy atom. The average Bonchev–Trinajstić information content (AvgIpc) is 2.77. The molecule has 3 rings (SSSR count). The third kappa shape index (κ3) is 4.52. The van der Waals surface area contributed by atoms with Crippen LogP contribution in [-0.4, -0.2) is 47.6 Å². The van der Waals surface area contributed by atoms with Crippen LogP contribution in [0.1, 0.15) is 48.5 Å². The largest absolute Gasteiger partial charge is 0.493 e. The number of nitrogens with zero attached hydrogens (tertiary/aromatic N) is 3. The highest BCUT2D eigenvalue weighted by Crippen LogP contribution is 2.27. The smallest absolute Gasteiger partial charge is 0.257 e. The molecule has 1 amide bonds. The molecular weight excluding hydrogens is 356 g/mol. The minimum absolute atomic E-state index is 0.0259. The Morgan fingerprint density at radius 2 is 1.93 bits per heavy atom. The van der Waals surface area contributed by atoms with Gasteiger partial charge in [0.25, 0.3) is 5.91 Å². The van der Waals surface area contributed by atoms with Crippen molar-refractivity contribution in [1.82, 2.24) is 14.9 Å². The summed E-state index contributed by atoms with van der Waals surface area (Å²) in [6.07, 6.45) is 7.53. The quantitative estimate of drug-likeness (QED) is 0.787. The average molecular weight is 384 g/mol. The van der Waals surface area contributed by atoms with Crippen molar-refractivity contribution in [2.24, 2.45) is 0 Å². The van der Waals surface area contributed by atoms with Gasteiger partial charge in [-0.3, -0.25) is 4.79 Å². The maximum absolute atomic E-state index is 12.8. The number of hydrogen-bond donors (Lipinski definition) is 1. The molecule has 0 bridgehead atoms. The summed E-state index contributed by atoms with van der Waals surface area (Å²) in [4.78, 5) is 23.4. The van der Waals surface area contributed by atoms with Crippen molar-refractivity contribution in [3.8, 4) is 11.5 Å². The molecule has 1 saturated heterocycles. The van der Waals surface area contributed by atoms with Gasteiger partial charge in [-0.1, -0.05) is 13.0 Å². The van der Waals surface area contributed by atoms with E-state index < -0.39 is 0 Å². The van der Waals surface area contributed by atoms with E-state index in [-0.39, 0.29) is 5.91 Å². The second-order valence-corrected chi connectivity index (χ2v) is 6.89. The van der Waals surface area contributed by atoms with E-state index in [0.717, 1.165) is 31.4 Å². The Kier molecular flexibility index (Phi) is 6.68. The minimum Gasteiger partial charge on any atom is -0.493 e. The summed E-state index contributed by atoms with van der Waals surface area (Å²) in [5.41, 5.74) is 1.55. The molecule has 2 aromatic rings. The van der Waals surface area contributed by atoms with Crippen LogP contribution in [-0.2, 0) is 6.54 Å². The fraction of sp³-hybridized carbons (Fsp3) is 0.476. The number of methoxy groups -OCH3 is 2. The third-order valence-corrected chi connectivity index (χ3v) is 5.16. The molecule has 1 aliphatic rings. The van der Waals surface area contributed by atoms with Gasteiger partial charge >= 0.3 is 0 Å². The van der Waals surface area contributed by atoms with E-state index in [2.05, 4.69) is 22.2 Å². The number of piperidine rings is 1. The van der Waals surface area contributed by atoms with Crippen molar-refractivity contribution in [3.63, 3.8) is 0 Å². The van der Waals surface area contributed by atoms with Crippen LogP contribution in [0.3, 0.4) is 0 Å². The summed E-state index contributed by atoms with van der Waals surface area (Å²) in [5.74, 6) is 1.87. The fourth-order valence-corrected chi connectivity index (χ4v) is 3.56. The molecule has 0 spiro atoms. The van der Waals surface area contributed by atoms with E-state index in [0.29, 0.717) is 35.6 Å². The number of hydrogen-bond acceptors (Lipinski definition) is 6. The first-order valence-corrected chi connectivity index (χ1v) is 9.74. The van der Waals surface area contributed by atoms with Crippen LogP contribution in [0, 0.1) is 0 Å². The maximum atomic E-state index is 12.8. The van der Waals surface area contributed by atoms with E-state index in [9.17, 15) is 4.79 Å². The molecule has 0 radical (unpaired) electrons. The molecule has 7 heteroatoms. The van der Waals surface area contributed by atoms with Gasteiger partial charge in [-0.25, -0.2) is 9.97 Å². The summed E-state index contributed by atoms with van der Waals surface area (Å²) in [6, 6.07) is 6.05. The number of rotatable bonds is 7. The van der Waals surface area contributed by atoms with E-state index in [1.54, 1.807) is 26.6 Å². The second kappa shape index (κ2) is 9.39. The van der Waals surface area contributed by atoms with Crippen LogP contribution in [0.2, 0.25) is 0 Å². The van der Waals surface area contributed by atoms with Crippen molar-refractivity contribution >= 4 is 11.9 Å². The van der Waals surface area contributed by atoms with Gasteiger partial charge in [0.2, 0.25) is 5.95 Å². The normalized spacial score (nSPS) is 16.5. The number of aromatic nitrogens is 2. The lowest BCUT2D eigenvalue weighted by atomic mass is 9.99. The van der Waals surface area contributed by atoms with E-state index >= 15 is 0 Å². The van der Waals surface area contributed by atoms with Gasteiger partial charge in [0.15, 0.2) is 11.5 Å². The Morgan fingerprint density at radius 1 is 1.18 bits per heavy atom. The van der Waals surface area contributed by atoms with Crippen molar-refractivity contribution in [2.45, 2.75) is 45.2 Å². The summed E-state index contributed by atoms with van der Waals surface area (Å²) in [7, 11) is 3.22.